The Kier molecular flexibility index (Phi) is 8.22. The molecule has 190 valence electrons. The van der Waals surface area contributed by atoms with Crippen molar-refractivity contribution in [3.63, 3.8) is 0 Å². The van der Waals surface area contributed by atoms with Crippen molar-refractivity contribution < 1.29 is 22.3 Å². The zero-order chi connectivity index (χ0) is 25.5. The number of benzene rings is 3. The van der Waals surface area contributed by atoms with Crippen LogP contribution in [0.4, 0.5) is 10.1 Å². The summed E-state index contributed by atoms with van der Waals surface area (Å²) in [5.41, 5.74) is 1.43. The number of amides is 1. The van der Waals surface area contributed by atoms with Gasteiger partial charge in [-0.1, -0.05) is 30.3 Å². The molecule has 0 atom stereocenters. The molecule has 0 saturated carbocycles. The maximum absolute atomic E-state index is 13.6. The van der Waals surface area contributed by atoms with Crippen LogP contribution in [-0.2, 0) is 21.4 Å². The number of carbonyl (C=O) groups is 1. The molecule has 4 rings (SSSR count). The van der Waals surface area contributed by atoms with Gasteiger partial charge in [0.25, 0.3) is 10.0 Å². The van der Waals surface area contributed by atoms with E-state index >= 15 is 0 Å². The molecule has 0 radical (unpaired) electrons. The minimum Gasteiger partial charge on any atom is -0.494 e. The van der Waals surface area contributed by atoms with Crippen molar-refractivity contribution in [2.75, 3.05) is 43.6 Å². The van der Waals surface area contributed by atoms with E-state index in [4.69, 9.17) is 4.74 Å². The molecule has 0 aliphatic carbocycles. The van der Waals surface area contributed by atoms with E-state index in [1.54, 1.807) is 17.0 Å². The molecule has 0 unspecified atom stereocenters. The van der Waals surface area contributed by atoms with Gasteiger partial charge in [0.1, 0.15) is 18.1 Å². The molecule has 1 saturated heterocycles. The molecule has 3 aromatic rings. The van der Waals surface area contributed by atoms with Crippen LogP contribution in [0.2, 0.25) is 0 Å². The molecule has 0 N–H and O–H groups in total. The molecule has 0 bridgehead atoms. The van der Waals surface area contributed by atoms with E-state index in [0.29, 0.717) is 38.5 Å². The fraction of sp³-hybridized carbons (Fsp3) is 0.296. The Balaban J connectivity index is 1.49. The molecule has 9 heteroatoms. The summed E-state index contributed by atoms with van der Waals surface area (Å²) in [6.07, 6.45) is 0. The lowest BCUT2D eigenvalue weighted by Crippen LogP contribution is -2.51. The lowest BCUT2D eigenvalue weighted by atomic mass is 10.2. The van der Waals surface area contributed by atoms with Crippen LogP contribution in [0.25, 0.3) is 0 Å². The monoisotopic (exact) mass is 511 g/mol. The summed E-state index contributed by atoms with van der Waals surface area (Å²) in [4.78, 5) is 17.2. The average Bonchev–Trinajstić information content (AvgIpc) is 2.89. The highest BCUT2D eigenvalue weighted by Crippen LogP contribution is 2.26. The van der Waals surface area contributed by atoms with Gasteiger partial charge >= 0.3 is 0 Å². The first-order valence-electron chi connectivity index (χ1n) is 11.9. The molecule has 3 aromatic carbocycles. The van der Waals surface area contributed by atoms with Crippen molar-refractivity contribution in [2.45, 2.75) is 18.4 Å². The van der Waals surface area contributed by atoms with E-state index in [-0.39, 0.29) is 23.0 Å². The first-order valence-corrected chi connectivity index (χ1v) is 13.4. The first kappa shape index (κ1) is 25.7. The second kappa shape index (κ2) is 11.5. The van der Waals surface area contributed by atoms with Crippen LogP contribution in [0.1, 0.15) is 12.5 Å². The predicted molar refractivity (Wildman–Crippen MR) is 137 cm³/mol. The summed E-state index contributed by atoms with van der Waals surface area (Å²) in [7, 11) is -4.09. The number of piperazine rings is 1. The molecule has 1 fully saturated rings. The highest BCUT2D eigenvalue weighted by Gasteiger charge is 2.30. The minimum atomic E-state index is -4.09. The van der Waals surface area contributed by atoms with Gasteiger partial charge in [-0.3, -0.25) is 14.0 Å². The van der Waals surface area contributed by atoms with Crippen molar-refractivity contribution in [1.82, 2.24) is 9.80 Å². The van der Waals surface area contributed by atoms with Gasteiger partial charge in [0.05, 0.1) is 17.2 Å². The summed E-state index contributed by atoms with van der Waals surface area (Å²) in [6, 6.07) is 21.3. The van der Waals surface area contributed by atoms with Crippen molar-refractivity contribution in [3.05, 3.63) is 90.2 Å². The SMILES string of the molecule is CCOc1ccc(S(=O)(=O)N(CC(=O)N2CCN(Cc3ccccc3)CC2)c2ccc(F)cc2)cc1. The van der Waals surface area contributed by atoms with Gasteiger partial charge in [-0.25, -0.2) is 12.8 Å². The second-order valence-electron chi connectivity index (χ2n) is 8.54. The average molecular weight is 512 g/mol. The van der Waals surface area contributed by atoms with E-state index in [0.717, 1.165) is 10.8 Å². The van der Waals surface area contributed by atoms with E-state index in [2.05, 4.69) is 17.0 Å². The smallest absolute Gasteiger partial charge is 0.264 e. The topological polar surface area (TPSA) is 70.2 Å². The van der Waals surface area contributed by atoms with Crippen LogP contribution in [-0.4, -0.2) is 63.5 Å². The zero-order valence-corrected chi connectivity index (χ0v) is 21.0. The number of rotatable bonds is 9. The molecule has 0 spiro atoms. The van der Waals surface area contributed by atoms with E-state index < -0.39 is 15.8 Å². The largest absolute Gasteiger partial charge is 0.494 e. The standard InChI is InChI=1S/C27H30FN3O4S/c1-2-35-25-12-14-26(15-13-25)36(33,34)31(24-10-8-23(28)9-11-24)21-27(32)30-18-16-29(17-19-30)20-22-6-4-3-5-7-22/h3-15H,2,16-21H2,1H3. The number of ether oxygens (including phenoxy) is 1. The van der Waals surface area contributed by atoms with Crippen LogP contribution in [0, 0.1) is 5.82 Å². The normalized spacial score (nSPS) is 14.4. The Morgan fingerprint density at radius 1 is 0.917 bits per heavy atom. The highest BCUT2D eigenvalue weighted by atomic mass is 32.2. The Morgan fingerprint density at radius 3 is 2.17 bits per heavy atom. The summed E-state index contributed by atoms with van der Waals surface area (Å²) in [5.74, 6) is -0.236. The third-order valence-corrected chi connectivity index (χ3v) is 7.88. The predicted octanol–water partition coefficient (Wildman–Crippen LogP) is 3.76. The molecule has 1 aliphatic rings. The fourth-order valence-electron chi connectivity index (χ4n) is 4.14. The fourth-order valence-corrected chi connectivity index (χ4v) is 5.56. The number of hydrogen-bond donors (Lipinski definition) is 0. The van der Waals surface area contributed by atoms with Gasteiger partial charge in [0.2, 0.25) is 5.91 Å². The quantitative estimate of drug-likeness (QED) is 0.438. The number of carbonyl (C=O) groups excluding carboxylic acids is 1. The Labute approximate surface area is 211 Å². The number of nitrogens with zero attached hydrogens (tertiary/aromatic N) is 3. The molecule has 1 heterocycles. The van der Waals surface area contributed by atoms with Gasteiger partial charge in [-0.05, 0) is 61.0 Å². The Bertz CT molecular complexity index is 1240. The van der Waals surface area contributed by atoms with E-state index in [1.807, 2.05) is 25.1 Å². The lowest BCUT2D eigenvalue weighted by Gasteiger charge is -2.36. The molecule has 1 amide bonds. The Morgan fingerprint density at radius 2 is 1.56 bits per heavy atom. The summed E-state index contributed by atoms with van der Waals surface area (Å²) < 4.78 is 47.2. The number of anilines is 1. The Hall–Kier alpha value is -3.43. The molecule has 36 heavy (non-hydrogen) atoms. The second-order valence-corrected chi connectivity index (χ2v) is 10.4. The summed E-state index contributed by atoms with van der Waals surface area (Å²) in [6.45, 7) is 5.13. The number of halogens is 1. The third kappa shape index (κ3) is 6.22. The molecule has 0 aromatic heterocycles. The maximum atomic E-state index is 13.6. The van der Waals surface area contributed by atoms with Crippen molar-refractivity contribution in [2.24, 2.45) is 0 Å². The molecular formula is C27H30FN3O4S. The number of sulfonamides is 1. The molecule has 1 aliphatic heterocycles. The van der Waals surface area contributed by atoms with Crippen LogP contribution in [0.5, 0.6) is 5.75 Å². The van der Waals surface area contributed by atoms with Crippen LogP contribution in [0.15, 0.2) is 83.8 Å². The summed E-state index contributed by atoms with van der Waals surface area (Å²) >= 11 is 0. The zero-order valence-electron chi connectivity index (χ0n) is 20.2. The van der Waals surface area contributed by atoms with Gasteiger partial charge in [0.15, 0.2) is 0 Å². The minimum absolute atomic E-state index is 0.0239. The van der Waals surface area contributed by atoms with Gasteiger partial charge in [0, 0.05) is 32.7 Å². The first-order chi connectivity index (χ1) is 17.4. The summed E-state index contributed by atoms with van der Waals surface area (Å²) in [5, 5.41) is 0. The van der Waals surface area contributed by atoms with Gasteiger partial charge in [-0.2, -0.15) is 0 Å². The van der Waals surface area contributed by atoms with Gasteiger partial charge in [-0.15, -0.1) is 0 Å². The van der Waals surface area contributed by atoms with Crippen LogP contribution < -0.4 is 9.04 Å². The molecule has 7 nitrogen and oxygen atoms in total. The van der Waals surface area contributed by atoms with Crippen molar-refractivity contribution in [3.8, 4) is 5.75 Å². The van der Waals surface area contributed by atoms with Gasteiger partial charge < -0.3 is 9.64 Å². The number of hydrogen-bond acceptors (Lipinski definition) is 5. The van der Waals surface area contributed by atoms with E-state index in [9.17, 15) is 17.6 Å². The van der Waals surface area contributed by atoms with Crippen LogP contribution in [0.3, 0.4) is 0 Å². The van der Waals surface area contributed by atoms with Crippen LogP contribution >= 0.6 is 0 Å². The highest BCUT2D eigenvalue weighted by molar-refractivity contribution is 7.92. The lowest BCUT2D eigenvalue weighted by molar-refractivity contribution is -0.131. The van der Waals surface area contributed by atoms with Crippen molar-refractivity contribution in [1.29, 1.82) is 0 Å². The maximum Gasteiger partial charge on any atom is 0.264 e. The van der Waals surface area contributed by atoms with Crippen molar-refractivity contribution >= 4 is 21.6 Å². The van der Waals surface area contributed by atoms with E-state index in [1.165, 1.54) is 42.0 Å². The molecular weight excluding hydrogens is 481 g/mol. The third-order valence-electron chi connectivity index (χ3n) is 6.09.